The van der Waals surface area contributed by atoms with Crippen LogP contribution in [-0.2, 0) is 6.18 Å². The molecular formula is C29H40F3N5O. The minimum atomic E-state index is -4.32. The van der Waals surface area contributed by atoms with Gasteiger partial charge in [0.15, 0.2) is 0 Å². The summed E-state index contributed by atoms with van der Waals surface area (Å²) in [6, 6.07) is 6.03. The van der Waals surface area contributed by atoms with E-state index in [2.05, 4.69) is 40.5 Å². The number of alkyl halides is 3. The third-order valence-corrected chi connectivity index (χ3v) is 8.84. The molecule has 0 aliphatic carbocycles. The van der Waals surface area contributed by atoms with E-state index in [0.717, 1.165) is 62.3 Å². The Morgan fingerprint density at radius 3 is 2.13 bits per heavy atom. The molecule has 2 aliphatic rings. The number of halogens is 3. The van der Waals surface area contributed by atoms with Crippen molar-refractivity contribution in [3.05, 3.63) is 58.7 Å². The van der Waals surface area contributed by atoms with Gasteiger partial charge >= 0.3 is 6.18 Å². The summed E-state index contributed by atoms with van der Waals surface area (Å²) in [5.74, 6) is 0.0193. The van der Waals surface area contributed by atoms with Gasteiger partial charge in [-0.2, -0.15) is 13.2 Å². The molecule has 38 heavy (non-hydrogen) atoms. The van der Waals surface area contributed by atoms with Crippen molar-refractivity contribution in [3.8, 4) is 0 Å². The van der Waals surface area contributed by atoms with E-state index >= 15 is 0 Å². The van der Waals surface area contributed by atoms with E-state index in [9.17, 15) is 18.0 Å². The molecule has 3 heterocycles. The normalized spacial score (nSPS) is 21.9. The molecule has 6 nitrogen and oxygen atoms in total. The molecule has 0 unspecified atom stereocenters. The van der Waals surface area contributed by atoms with Crippen molar-refractivity contribution in [2.75, 3.05) is 32.7 Å². The van der Waals surface area contributed by atoms with Gasteiger partial charge < -0.3 is 4.90 Å². The van der Waals surface area contributed by atoms with Crippen LogP contribution < -0.4 is 0 Å². The summed E-state index contributed by atoms with van der Waals surface area (Å²) in [6.45, 7) is 14.4. The number of nitrogens with zero attached hydrogens (tertiary/aromatic N) is 5. The van der Waals surface area contributed by atoms with Crippen LogP contribution >= 0.6 is 0 Å². The molecule has 208 valence electrons. The topological polar surface area (TPSA) is 52.6 Å². The maximum Gasteiger partial charge on any atom is 0.416 e. The van der Waals surface area contributed by atoms with Gasteiger partial charge in [0, 0.05) is 50.3 Å². The summed E-state index contributed by atoms with van der Waals surface area (Å²) >= 11 is 0. The third-order valence-electron chi connectivity index (χ3n) is 8.84. The SMILES string of the molecule is CC[C@@H](c1ccc(C(F)(F)F)cc1)N1CCN(C2(CC)CCN(C(=O)c3c(C)ncnc3C)CC2)C[C@@H]1C. The second-order valence-corrected chi connectivity index (χ2v) is 10.9. The smallest absolute Gasteiger partial charge is 0.338 e. The zero-order chi connectivity index (χ0) is 27.7. The number of amides is 1. The Balaban J connectivity index is 1.42. The number of aromatic nitrogens is 2. The summed E-state index contributed by atoms with van der Waals surface area (Å²) in [6.07, 6.45) is 0.882. The highest BCUT2D eigenvalue weighted by molar-refractivity contribution is 5.96. The highest BCUT2D eigenvalue weighted by Crippen LogP contribution is 2.37. The van der Waals surface area contributed by atoms with Gasteiger partial charge in [-0.1, -0.05) is 26.0 Å². The Morgan fingerprint density at radius 2 is 1.63 bits per heavy atom. The number of hydrogen-bond acceptors (Lipinski definition) is 5. The van der Waals surface area contributed by atoms with Crippen LogP contribution in [0, 0.1) is 13.8 Å². The molecule has 1 amide bonds. The molecule has 0 saturated carbocycles. The van der Waals surface area contributed by atoms with Crippen LogP contribution in [0.4, 0.5) is 13.2 Å². The van der Waals surface area contributed by atoms with E-state index in [4.69, 9.17) is 0 Å². The lowest BCUT2D eigenvalue weighted by molar-refractivity contribution is -0.137. The van der Waals surface area contributed by atoms with Crippen LogP contribution in [0.3, 0.4) is 0 Å². The van der Waals surface area contributed by atoms with Crippen LogP contribution in [0.1, 0.15) is 85.4 Å². The van der Waals surface area contributed by atoms with Crippen molar-refractivity contribution in [1.29, 1.82) is 0 Å². The zero-order valence-electron chi connectivity index (χ0n) is 23.2. The Morgan fingerprint density at radius 1 is 1.03 bits per heavy atom. The molecule has 9 heteroatoms. The number of aryl methyl sites for hydroxylation is 2. The van der Waals surface area contributed by atoms with Gasteiger partial charge in [0.2, 0.25) is 0 Å². The van der Waals surface area contributed by atoms with Gasteiger partial charge in [0.25, 0.3) is 5.91 Å². The average Bonchev–Trinajstić information content (AvgIpc) is 2.89. The largest absolute Gasteiger partial charge is 0.416 e. The highest BCUT2D eigenvalue weighted by atomic mass is 19.4. The number of hydrogen-bond donors (Lipinski definition) is 0. The minimum Gasteiger partial charge on any atom is -0.338 e. The van der Waals surface area contributed by atoms with Crippen molar-refractivity contribution in [2.45, 2.75) is 84.1 Å². The molecule has 0 bridgehead atoms. The molecule has 0 N–H and O–H groups in total. The van der Waals surface area contributed by atoms with Crippen molar-refractivity contribution < 1.29 is 18.0 Å². The number of carbonyl (C=O) groups is 1. The first-order valence-electron chi connectivity index (χ1n) is 13.8. The summed E-state index contributed by atoms with van der Waals surface area (Å²) in [5.41, 5.74) is 2.44. The van der Waals surface area contributed by atoms with Crippen LogP contribution in [0.2, 0.25) is 0 Å². The fourth-order valence-electron chi connectivity index (χ4n) is 6.50. The first-order chi connectivity index (χ1) is 18.0. The summed E-state index contributed by atoms with van der Waals surface area (Å²) in [5, 5.41) is 0. The fraction of sp³-hybridized carbons (Fsp3) is 0.621. The number of piperidine rings is 1. The summed E-state index contributed by atoms with van der Waals surface area (Å²) < 4.78 is 39.2. The number of benzene rings is 1. The molecule has 0 spiro atoms. The molecule has 1 aromatic carbocycles. The Labute approximate surface area is 224 Å². The molecule has 2 fully saturated rings. The van der Waals surface area contributed by atoms with Gasteiger partial charge in [0.05, 0.1) is 22.5 Å². The van der Waals surface area contributed by atoms with Crippen LogP contribution in [0.5, 0.6) is 0 Å². The van der Waals surface area contributed by atoms with Gasteiger partial charge in [-0.15, -0.1) is 0 Å². The van der Waals surface area contributed by atoms with Crippen molar-refractivity contribution in [1.82, 2.24) is 24.7 Å². The second kappa shape index (κ2) is 11.3. The maximum absolute atomic E-state index is 13.3. The van der Waals surface area contributed by atoms with E-state index in [1.54, 1.807) is 12.1 Å². The molecule has 2 aromatic rings. The fourth-order valence-corrected chi connectivity index (χ4v) is 6.50. The average molecular weight is 532 g/mol. The predicted octanol–water partition coefficient (Wildman–Crippen LogP) is 5.65. The van der Waals surface area contributed by atoms with Crippen LogP contribution in [-0.4, -0.2) is 74.9 Å². The maximum atomic E-state index is 13.3. The molecular weight excluding hydrogens is 491 g/mol. The van der Waals surface area contributed by atoms with Crippen molar-refractivity contribution in [2.24, 2.45) is 0 Å². The van der Waals surface area contributed by atoms with E-state index < -0.39 is 11.7 Å². The second-order valence-electron chi connectivity index (χ2n) is 10.9. The van der Waals surface area contributed by atoms with Crippen molar-refractivity contribution >= 4 is 5.91 Å². The quantitative estimate of drug-likeness (QED) is 0.482. The third kappa shape index (κ3) is 5.59. The standard InChI is InChI=1S/C29H40F3N5O/c1-6-25(23-8-10-24(11-9-23)29(30,31)32)37-17-16-36(18-20(37)3)28(7-2)12-14-35(15-13-28)27(38)26-21(4)33-19-34-22(26)5/h8-11,19-20,25H,6-7,12-18H2,1-5H3/t20-,25-/m0/s1. The Hall–Kier alpha value is -2.52. The summed E-state index contributed by atoms with van der Waals surface area (Å²) in [7, 11) is 0. The molecule has 0 radical (unpaired) electrons. The first-order valence-corrected chi connectivity index (χ1v) is 13.8. The Kier molecular flexibility index (Phi) is 8.47. The lowest BCUT2D eigenvalue weighted by Crippen LogP contribution is -2.63. The lowest BCUT2D eigenvalue weighted by atomic mass is 9.81. The molecule has 1 aromatic heterocycles. The minimum absolute atomic E-state index is 0.0193. The first kappa shape index (κ1) is 28.5. The van der Waals surface area contributed by atoms with Crippen molar-refractivity contribution in [3.63, 3.8) is 0 Å². The lowest BCUT2D eigenvalue weighted by Gasteiger charge is -2.54. The van der Waals surface area contributed by atoms with E-state index in [-0.39, 0.29) is 23.5 Å². The summed E-state index contributed by atoms with van der Waals surface area (Å²) in [4.78, 5) is 28.7. The van der Waals surface area contributed by atoms with Crippen LogP contribution in [0.15, 0.2) is 30.6 Å². The van der Waals surface area contributed by atoms with Crippen LogP contribution in [0.25, 0.3) is 0 Å². The Bertz CT molecular complexity index is 1090. The zero-order valence-corrected chi connectivity index (χ0v) is 23.2. The number of rotatable bonds is 6. The van der Waals surface area contributed by atoms with Gasteiger partial charge in [-0.25, -0.2) is 9.97 Å². The number of likely N-dealkylation sites (tertiary alicyclic amines) is 1. The predicted molar refractivity (Wildman–Crippen MR) is 142 cm³/mol. The van der Waals surface area contributed by atoms with E-state index in [1.165, 1.54) is 18.5 Å². The van der Waals surface area contributed by atoms with Gasteiger partial charge in [0.1, 0.15) is 6.33 Å². The number of piperazine rings is 1. The van der Waals surface area contributed by atoms with E-state index in [0.29, 0.717) is 18.7 Å². The molecule has 2 aliphatic heterocycles. The number of carbonyl (C=O) groups excluding carboxylic acids is 1. The molecule has 2 atom stereocenters. The monoisotopic (exact) mass is 531 g/mol. The van der Waals surface area contributed by atoms with Gasteiger partial charge in [-0.3, -0.25) is 14.6 Å². The van der Waals surface area contributed by atoms with E-state index in [1.807, 2.05) is 18.7 Å². The molecule has 4 rings (SSSR count). The highest BCUT2D eigenvalue weighted by Gasteiger charge is 2.43. The molecule has 2 saturated heterocycles. The van der Waals surface area contributed by atoms with Gasteiger partial charge in [-0.05, 0) is 64.2 Å².